The summed E-state index contributed by atoms with van der Waals surface area (Å²) in [5.74, 6) is -0.339. The molecule has 0 aliphatic rings. The van der Waals surface area contributed by atoms with Crippen molar-refractivity contribution < 1.29 is 13.2 Å². The Morgan fingerprint density at radius 3 is 2.34 bits per heavy atom. The third-order valence-corrected chi connectivity index (χ3v) is 7.49. The molecular formula is C23H29N5O3S. The van der Waals surface area contributed by atoms with Crippen molar-refractivity contribution >= 4 is 15.9 Å². The number of carbonyl (C=O) groups is 1. The van der Waals surface area contributed by atoms with E-state index in [1.54, 1.807) is 35.9 Å². The topological polar surface area (TPSA) is 97.2 Å². The Balaban J connectivity index is 1.75. The number of aryl methyl sites for hydroxylation is 1. The summed E-state index contributed by atoms with van der Waals surface area (Å²) in [6.07, 6.45) is 0. The largest absolute Gasteiger partial charge is 0.344 e. The highest BCUT2D eigenvalue weighted by molar-refractivity contribution is 7.89. The monoisotopic (exact) mass is 455 g/mol. The van der Waals surface area contributed by atoms with Gasteiger partial charge in [0.1, 0.15) is 0 Å². The minimum absolute atomic E-state index is 0.236. The van der Waals surface area contributed by atoms with Gasteiger partial charge in [-0.05, 0) is 56.2 Å². The van der Waals surface area contributed by atoms with E-state index in [9.17, 15) is 13.2 Å². The maximum absolute atomic E-state index is 12.8. The van der Waals surface area contributed by atoms with Gasteiger partial charge in [-0.2, -0.15) is 4.31 Å². The van der Waals surface area contributed by atoms with E-state index in [2.05, 4.69) is 15.6 Å². The summed E-state index contributed by atoms with van der Waals surface area (Å²) in [6, 6.07) is 14.1. The van der Waals surface area contributed by atoms with Gasteiger partial charge in [-0.3, -0.25) is 4.79 Å². The average Bonchev–Trinajstić information content (AvgIpc) is 3.16. The van der Waals surface area contributed by atoms with Crippen molar-refractivity contribution in [2.75, 3.05) is 13.1 Å². The molecule has 0 spiro atoms. The fraction of sp³-hybridized carbons (Fsp3) is 0.348. The van der Waals surface area contributed by atoms with Crippen LogP contribution in [0.4, 0.5) is 0 Å². The number of nitrogens with zero attached hydrogens (tertiary/aromatic N) is 4. The van der Waals surface area contributed by atoms with Crippen LogP contribution < -0.4 is 5.32 Å². The van der Waals surface area contributed by atoms with Crippen LogP contribution in [0.15, 0.2) is 53.4 Å². The molecule has 2 aromatic carbocycles. The molecular weight excluding hydrogens is 426 g/mol. The second-order valence-electron chi connectivity index (χ2n) is 7.63. The molecule has 0 fully saturated rings. The summed E-state index contributed by atoms with van der Waals surface area (Å²) in [5.41, 5.74) is 3.61. The van der Waals surface area contributed by atoms with Crippen LogP contribution >= 0.6 is 0 Å². The Morgan fingerprint density at radius 2 is 1.75 bits per heavy atom. The zero-order chi connectivity index (χ0) is 23.5. The van der Waals surface area contributed by atoms with Crippen LogP contribution in [0, 0.1) is 13.8 Å². The number of nitrogens with one attached hydrogen (secondary N) is 1. The molecule has 0 aliphatic heterocycles. The van der Waals surface area contributed by atoms with Crippen molar-refractivity contribution in [1.29, 1.82) is 0 Å². The fourth-order valence-electron chi connectivity index (χ4n) is 3.53. The number of benzene rings is 2. The molecule has 8 nitrogen and oxygen atoms in total. The summed E-state index contributed by atoms with van der Waals surface area (Å²) in [7, 11) is -3.52. The lowest BCUT2D eigenvalue weighted by atomic mass is 10.1. The molecule has 0 saturated heterocycles. The van der Waals surface area contributed by atoms with E-state index in [0.29, 0.717) is 18.8 Å². The molecule has 0 aliphatic carbocycles. The van der Waals surface area contributed by atoms with Crippen molar-refractivity contribution in [3.05, 3.63) is 71.0 Å². The van der Waals surface area contributed by atoms with E-state index < -0.39 is 10.0 Å². The average molecular weight is 456 g/mol. The van der Waals surface area contributed by atoms with Crippen LogP contribution in [-0.4, -0.2) is 46.7 Å². The van der Waals surface area contributed by atoms with E-state index in [-0.39, 0.29) is 22.5 Å². The van der Waals surface area contributed by atoms with E-state index >= 15 is 0 Å². The minimum Gasteiger partial charge on any atom is -0.344 e. The number of hydrogen-bond donors (Lipinski definition) is 1. The van der Waals surface area contributed by atoms with Crippen molar-refractivity contribution in [2.45, 2.75) is 45.6 Å². The molecule has 9 heteroatoms. The highest BCUT2D eigenvalue weighted by Crippen LogP contribution is 2.20. The number of hydrogen-bond acceptors (Lipinski definition) is 5. The SMILES string of the molecule is CCN(CC)S(=O)(=O)c1ccc(C(C)NC(=O)c2nnn(-c3cccc(C)c3)c2C)cc1. The number of sulfonamides is 1. The lowest BCUT2D eigenvalue weighted by Crippen LogP contribution is -2.30. The maximum atomic E-state index is 12.8. The zero-order valence-corrected chi connectivity index (χ0v) is 19.8. The summed E-state index contributed by atoms with van der Waals surface area (Å²) in [5, 5.41) is 11.1. The Morgan fingerprint density at radius 1 is 1.09 bits per heavy atom. The lowest BCUT2D eigenvalue weighted by molar-refractivity contribution is 0.0934. The minimum atomic E-state index is -3.52. The number of amides is 1. The van der Waals surface area contributed by atoms with Crippen LogP contribution in [0.5, 0.6) is 0 Å². The van der Waals surface area contributed by atoms with Crippen LogP contribution in [0.25, 0.3) is 5.69 Å². The quantitative estimate of drug-likeness (QED) is 0.561. The molecule has 0 radical (unpaired) electrons. The standard InChI is InChI=1S/C23H29N5O3S/c1-6-27(7-2)32(30,31)21-13-11-19(12-14-21)17(4)24-23(29)22-18(5)28(26-25-22)20-10-8-9-16(3)15-20/h8-15,17H,6-7H2,1-5H3,(H,24,29). The van der Waals surface area contributed by atoms with Crippen molar-refractivity contribution in [3.8, 4) is 5.69 Å². The molecule has 1 aromatic heterocycles. The Bertz CT molecular complexity index is 1200. The molecule has 1 N–H and O–H groups in total. The van der Waals surface area contributed by atoms with Crippen LogP contribution in [0.3, 0.4) is 0 Å². The molecule has 3 rings (SSSR count). The third-order valence-electron chi connectivity index (χ3n) is 5.43. The predicted molar refractivity (Wildman–Crippen MR) is 123 cm³/mol. The number of aromatic nitrogens is 3. The fourth-order valence-corrected chi connectivity index (χ4v) is 4.99. The van der Waals surface area contributed by atoms with Crippen molar-refractivity contribution in [3.63, 3.8) is 0 Å². The normalized spacial score (nSPS) is 12.7. The zero-order valence-electron chi connectivity index (χ0n) is 19.0. The van der Waals surface area contributed by atoms with Crippen LogP contribution in [-0.2, 0) is 10.0 Å². The van der Waals surface area contributed by atoms with E-state index in [4.69, 9.17) is 0 Å². The maximum Gasteiger partial charge on any atom is 0.274 e. The molecule has 1 heterocycles. The predicted octanol–water partition coefficient (Wildman–Crippen LogP) is 3.41. The Hall–Kier alpha value is -3.04. The first kappa shape index (κ1) is 23.6. The highest BCUT2D eigenvalue weighted by Gasteiger charge is 2.23. The molecule has 0 saturated carbocycles. The Labute approximate surface area is 189 Å². The van der Waals surface area contributed by atoms with E-state index in [0.717, 1.165) is 16.8 Å². The van der Waals surface area contributed by atoms with Gasteiger partial charge >= 0.3 is 0 Å². The first-order valence-electron chi connectivity index (χ1n) is 10.6. The molecule has 170 valence electrons. The second-order valence-corrected chi connectivity index (χ2v) is 9.57. The highest BCUT2D eigenvalue weighted by atomic mass is 32.2. The van der Waals surface area contributed by atoms with Crippen molar-refractivity contribution in [2.24, 2.45) is 0 Å². The van der Waals surface area contributed by atoms with Gasteiger partial charge < -0.3 is 5.32 Å². The second kappa shape index (κ2) is 9.62. The molecule has 3 aromatic rings. The van der Waals surface area contributed by atoms with Gasteiger partial charge in [0, 0.05) is 13.1 Å². The van der Waals surface area contributed by atoms with Crippen LogP contribution in [0.1, 0.15) is 54.1 Å². The smallest absolute Gasteiger partial charge is 0.274 e. The summed E-state index contributed by atoms with van der Waals surface area (Å²) in [4.78, 5) is 13.1. The molecule has 1 unspecified atom stereocenters. The van der Waals surface area contributed by atoms with Crippen LogP contribution in [0.2, 0.25) is 0 Å². The summed E-state index contributed by atoms with van der Waals surface area (Å²) >= 11 is 0. The number of carbonyl (C=O) groups excluding carboxylic acids is 1. The molecule has 1 atom stereocenters. The number of rotatable bonds is 8. The molecule has 32 heavy (non-hydrogen) atoms. The van der Waals surface area contributed by atoms with Gasteiger partial charge in [-0.1, -0.05) is 43.3 Å². The lowest BCUT2D eigenvalue weighted by Gasteiger charge is -2.19. The summed E-state index contributed by atoms with van der Waals surface area (Å²) in [6.45, 7) is 10.1. The molecule has 0 bridgehead atoms. The first-order valence-corrected chi connectivity index (χ1v) is 12.0. The van der Waals surface area contributed by atoms with E-state index in [1.807, 2.05) is 52.0 Å². The first-order chi connectivity index (χ1) is 15.2. The van der Waals surface area contributed by atoms with Gasteiger partial charge in [0.15, 0.2) is 5.69 Å². The van der Waals surface area contributed by atoms with Gasteiger partial charge in [0.25, 0.3) is 5.91 Å². The van der Waals surface area contributed by atoms with E-state index in [1.165, 1.54) is 4.31 Å². The van der Waals surface area contributed by atoms with Crippen molar-refractivity contribution in [1.82, 2.24) is 24.6 Å². The third kappa shape index (κ3) is 4.73. The van der Waals surface area contributed by atoms with Gasteiger partial charge in [0.2, 0.25) is 10.0 Å². The molecule has 1 amide bonds. The van der Waals surface area contributed by atoms with Gasteiger partial charge in [-0.15, -0.1) is 5.10 Å². The van der Waals surface area contributed by atoms with Gasteiger partial charge in [-0.25, -0.2) is 13.1 Å². The summed E-state index contributed by atoms with van der Waals surface area (Å²) < 4.78 is 28.4. The van der Waals surface area contributed by atoms with Gasteiger partial charge in [0.05, 0.1) is 22.3 Å². The Kier molecular flexibility index (Phi) is 7.10.